The van der Waals surface area contributed by atoms with Crippen LogP contribution in [0.2, 0.25) is 0 Å². The van der Waals surface area contributed by atoms with Crippen molar-refractivity contribution in [3.05, 3.63) is 35.9 Å². The Kier molecular flexibility index (Phi) is 6.27. The summed E-state index contributed by atoms with van der Waals surface area (Å²) in [6.07, 6.45) is 1.91. The van der Waals surface area contributed by atoms with Gasteiger partial charge in [-0.25, -0.2) is 0 Å². The maximum atomic E-state index is 12.7. The van der Waals surface area contributed by atoms with Gasteiger partial charge in [-0.3, -0.25) is 24.6 Å². The molecule has 8 heteroatoms. The van der Waals surface area contributed by atoms with Crippen LogP contribution in [0.3, 0.4) is 0 Å². The first-order chi connectivity index (χ1) is 15.0. The van der Waals surface area contributed by atoms with Crippen molar-refractivity contribution in [2.45, 2.75) is 38.8 Å². The average Bonchev–Trinajstić information content (AvgIpc) is 3.10. The van der Waals surface area contributed by atoms with Crippen molar-refractivity contribution in [2.24, 2.45) is 0 Å². The Morgan fingerprint density at radius 1 is 1.23 bits per heavy atom. The first-order valence-electron chi connectivity index (χ1n) is 11.0. The highest BCUT2D eigenvalue weighted by Gasteiger charge is 2.37. The summed E-state index contributed by atoms with van der Waals surface area (Å²) in [5.74, 6) is 0.116. The Bertz CT molecular complexity index is 892. The molecule has 1 N–H and O–H groups in total. The van der Waals surface area contributed by atoms with E-state index in [0.29, 0.717) is 25.1 Å². The second-order valence-corrected chi connectivity index (χ2v) is 8.33. The predicted octanol–water partition coefficient (Wildman–Crippen LogP) is 1.21. The molecule has 3 aliphatic heterocycles. The van der Waals surface area contributed by atoms with Gasteiger partial charge in [0.1, 0.15) is 11.8 Å². The molecule has 3 aliphatic rings. The maximum Gasteiger partial charge on any atom is 0.260 e. The third-order valence-corrected chi connectivity index (χ3v) is 6.32. The van der Waals surface area contributed by atoms with Gasteiger partial charge in [-0.15, -0.1) is 0 Å². The molecule has 0 spiro atoms. The van der Waals surface area contributed by atoms with E-state index in [2.05, 4.69) is 23.7 Å². The number of carbonyl (C=O) groups is 3. The smallest absolute Gasteiger partial charge is 0.260 e. The van der Waals surface area contributed by atoms with Crippen LogP contribution >= 0.6 is 0 Å². The summed E-state index contributed by atoms with van der Waals surface area (Å²) in [6.45, 7) is 11.1. The van der Waals surface area contributed by atoms with Gasteiger partial charge in [0.05, 0.1) is 0 Å². The number of rotatable bonds is 6. The third kappa shape index (κ3) is 4.44. The van der Waals surface area contributed by atoms with E-state index in [9.17, 15) is 14.4 Å². The molecule has 2 fully saturated rings. The predicted molar refractivity (Wildman–Crippen MR) is 116 cm³/mol. The minimum Gasteiger partial charge on any atom is -0.483 e. The number of hydrogen-bond donors (Lipinski definition) is 1. The van der Waals surface area contributed by atoms with Crippen LogP contribution in [0.25, 0.3) is 5.70 Å². The van der Waals surface area contributed by atoms with Crippen LogP contribution in [0.15, 0.2) is 24.8 Å². The number of carbonyl (C=O) groups excluding carboxylic acids is 3. The molecule has 1 aromatic rings. The van der Waals surface area contributed by atoms with Crippen molar-refractivity contribution in [3.63, 3.8) is 0 Å². The van der Waals surface area contributed by atoms with E-state index in [-0.39, 0.29) is 24.3 Å². The molecular formula is C23H30N4O4. The summed E-state index contributed by atoms with van der Waals surface area (Å²) < 4.78 is 5.94. The van der Waals surface area contributed by atoms with Crippen molar-refractivity contribution in [3.8, 4) is 5.75 Å². The van der Waals surface area contributed by atoms with Crippen LogP contribution in [0.1, 0.15) is 37.3 Å². The largest absolute Gasteiger partial charge is 0.483 e. The molecule has 8 nitrogen and oxygen atoms in total. The van der Waals surface area contributed by atoms with Crippen molar-refractivity contribution in [2.75, 3.05) is 39.3 Å². The van der Waals surface area contributed by atoms with Gasteiger partial charge in [0.25, 0.3) is 5.91 Å². The van der Waals surface area contributed by atoms with Crippen molar-refractivity contribution >= 4 is 23.4 Å². The zero-order chi connectivity index (χ0) is 22.0. The van der Waals surface area contributed by atoms with Gasteiger partial charge in [0, 0.05) is 56.0 Å². The lowest BCUT2D eigenvalue weighted by molar-refractivity contribution is -0.137. The first kappa shape index (κ1) is 21.4. The zero-order valence-electron chi connectivity index (χ0n) is 18.1. The minimum atomic E-state index is -0.425. The molecule has 4 rings (SSSR count). The molecular weight excluding hydrogens is 396 g/mol. The number of nitrogens with zero attached hydrogens (tertiary/aromatic N) is 3. The quantitative estimate of drug-likeness (QED) is 0.689. The fourth-order valence-corrected chi connectivity index (χ4v) is 4.60. The van der Waals surface area contributed by atoms with Crippen LogP contribution in [0.5, 0.6) is 5.75 Å². The standard InChI is InChI=1S/C23H30N4O4/c1-3-9-25-10-12-26(13-11-25)22(29)15-31-20-6-4-5-17-16(2)27(14-18(17)20)19-7-8-21(28)24-23(19)30/h4-6,19H,2-3,7-15H2,1H3,(H,24,28,30). The summed E-state index contributed by atoms with van der Waals surface area (Å²) in [5.41, 5.74) is 2.59. The molecule has 1 aromatic carbocycles. The van der Waals surface area contributed by atoms with E-state index < -0.39 is 6.04 Å². The van der Waals surface area contributed by atoms with Gasteiger partial charge in [0.2, 0.25) is 11.8 Å². The lowest BCUT2D eigenvalue weighted by Gasteiger charge is -2.34. The van der Waals surface area contributed by atoms with Crippen molar-refractivity contribution in [1.82, 2.24) is 20.0 Å². The van der Waals surface area contributed by atoms with Crippen LogP contribution in [-0.2, 0) is 20.9 Å². The van der Waals surface area contributed by atoms with Crippen LogP contribution in [0, 0.1) is 0 Å². The lowest BCUT2D eigenvalue weighted by Crippen LogP contribution is -2.50. The molecule has 166 valence electrons. The number of fused-ring (bicyclic) bond motifs is 1. The maximum absolute atomic E-state index is 12.7. The highest BCUT2D eigenvalue weighted by Crippen LogP contribution is 2.39. The number of amides is 3. The molecule has 0 saturated carbocycles. The normalized spacial score (nSPS) is 21.8. The molecule has 0 aliphatic carbocycles. The molecule has 3 amide bonds. The SMILES string of the molecule is C=C1c2cccc(OCC(=O)N3CCN(CCC)CC3)c2CN1C1CCC(=O)NC1=O. The molecule has 1 unspecified atom stereocenters. The van der Waals surface area contributed by atoms with E-state index >= 15 is 0 Å². The summed E-state index contributed by atoms with van der Waals surface area (Å²) in [7, 11) is 0. The zero-order valence-corrected chi connectivity index (χ0v) is 18.1. The Hall–Kier alpha value is -2.87. The number of piperidine rings is 1. The highest BCUT2D eigenvalue weighted by molar-refractivity contribution is 6.01. The monoisotopic (exact) mass is 426 g/mol. The van der Waals surface area contributed by atoms with E-state index in [1.807, 2.05) is 28.0 Å². The summed E-state index contributed by atoms with van der Waals surface area (Å²) in [5, 5.41) is 2.41. The summed E-state index contributed by atoms with van der Waals surface area (Å²) in [4.78, 5) is 42.6. The Balaban J connectivity index is 1.38. The van der Waals surface area contributed by atoms with Gasteiger partial charge in [0.15, 0.2) is 6.61 Å². The van der Waals surface area contributed by atoms with Gasteiger partial charge >= 0.3 is 0 Å². The number of imide groups is 1. The van der Waals surface area contributed by atoms with Crippen molar-refractivity contribution < 1.29 is 19.1 Å². The van der Waals surface area contributed by atoms with Crippen LogP contribution in [-0.4, -0.2) is 77.8 Å². The summed E-state index contributed by atoms with van der Waals surface area (Å²) >= 11 is 0. The fraction of sp³-hybridized carbons (Fsp3) is 0.522. The average molecular weight is 427 g/mol. The second-order valence-electron chi connectivity index (χ2n) is 8.33. The van der Waals surface area contributed by atoms with Gasteiger partial charge in [-0.05, 0) is 25.5 Å². The number of ether oxygens (including phenoxy) is 1. The summed E-state index contributed by atoms with van der Waals surface area (Å²) in [6, 6.07) is 5.26. The molecule has 3 heterocycles. The number of nitrogens with one attached hydrogen (secondary N) is 1. The van der Waals surface area contributed by atoms with E-state index in [4.69, 9.17) is 4.74 Å². The third-order valence-electron chi connectivity index (χ3n) is 6.32. The highest BCUT2D eigenvalue weighted by atomic mass is 16.5. The molecule has 0 aromatic heterocycles. The Morgan fingerprint density at radius 3 is 2.71 bits per heavy atom. The first-order valence-corrected chi connectivity index (χ1v) is 11.0. The Morgan fingerprint density at radius 2 is 2.00 bits per heavy atom. The van der Waals surface area contributed by atoms with Gasteiger partial charge in [-0.1, -0.05) is 25.6 Å². The lowest BCUT2D eigenvalue weighted by atomic mass is 10.0. The molecule has 1 atom stereocenters. The Labute approximate surface area is 182 Å². The van der Waals surface area contributed by atoms with Crippen molar-refractivity contribution in [1.29, 1.82) is 0 Å². The number of hydrogen-bond acceptors (Lipinski definition) is 6. The van der Waals surface area contributed by atoms with Crippen LogP contribution in [0.4, 0.5) is 0 Å². The van der Waals surface area contributed by atoms with E-state index in [1.165, 1.54) is 0 Å². The topological polar surface area (TPSA) is 82.2 Å². The molecule has 0 bridgehead atoms. The van der Waals surface area contributed by atoms with E-state index in [1.54, 1.807) is 0 Å². The number of piperazine rings is 1. The van der Waals surface area contributed by atoms with Gasteiger partial charge in [-0.2, -0.15) is 0 Å². The molecule has 2 saturated heterocycles. The number of benzene rings is 1. The molecule has 31 heavy (non-hydrogen) atoms. The van der Waals surface area contributed by atoms with Crippen LogP contribution < -0.4 is 10.1 Å². The van der Waals surface area contributed by atoms with E-state index in [0.717, 1.165) is 56.0 Å². The minimum absolute atomic E-state index is 0.00484. The molecule has 0 radical (unpaired) electrons. The second kappa shape index (κ2) is 9.09. The van der Waals surface area contributed by atoms with Gasteiger partial charge < -0.3 is 14.5 Å². The fourth-order valence-electron chi connectivity index (χ4n) is 4.60.